The molecule has 0 amide bonds. The predicted molar refractivity (Wildman–Crippen MR) is 124 cm³/mol. The second-order valence-corrected chi connectivity index (χ2v) is 8.86. The van der Waals surface area contributed by atoms with Gasteiger partial charge in [0.05, 0.1) is 6.54 Å². The van der Waals surface area contributed by atoms with Crippen LogP contribution in [0.1, 0.15) is 36.0 Å². The van der Waals surface area contributed by atoms with Crippen molar-refractivity contribution >= 4 is 33.4 Å². The predicted octanol–water partition coefficient (Wildman–Crippen LogP) is 4.93. The molecule has 1 saturated heterocycles. The molecule has 0 aliphatic carbocycles. The molecule has 5 heteroatoms. The van der Waals surface area contributed by atoms with Crippen LogP contribution in [0.15, 0.2) is 58.1 Å². The lowest BCUT2D eigenvalue weighted by molar-refractivity contribution is 0.153. The number of anilines is 1. The first-order chi connectivity index (χ1) is 14.2. The average molecular weight is 454 g/mol. The zero-order valence-corrected chi connectivity index (χ0v) is 18.2. The zero-order valence-electron chi connectivity index (χ0n) is 16.6. The molecule has 4 rings (SSSR count). The maximum absolute atomic E-state index is 9.10. The summed E-state index contributed by atoms with van der Waals surface area (Å²) in [6, 6.07) is 15.0. The summed E-state index contributed by atoms with van der Waals surface area (Å²) in [5.74, 6) is 0.700. The van der Waals surface area contributed by atoms with Crippen molar-refractivity contribution in [3.05, 3.63) is 69.8 Å². The van der Waals surface area contributed by atoms with E-state index in [-0.39, 0.29) is 0 Å². The molecule has 0 radical (unpaired) electrons. The minimum atomic E-state index is 0.324. The molecule has 2 aliphatic heterocycles. The number of rotatable bonds is 6. The van der Waals surface area contributed by atoms with Gasteiger partial charge in [-0.1, -0.05) is 34.1 Å². The summed E-state index contributed by atoms with van der Waals surface area (Å²) in [5, 5.41) is 12.5. The third-order valence-corrected chi connectivity index (χ3v) is 6.36. The van der Waals surface area contributed by atoms with Crippen LogP contribution in [-0.4, -0.2) is 42.5 Å². The van der Waals surface area contributed by atoms with Crippen LogP contribution in [0.5, 0.6) is 0 Å². The number of hydrogen-bond acceptors (Lipinski definition) is 4. The highest BCUT2D eigenvalue weighted by molar-refractivity contribution is 9.10. The molecule has 0 bridgehead atoms. The Kier molecular flexibility index (Phi) is 6.80. The van der Waals surface area contributed by atoms with Crippen LogP contribution in [0.4, 0.5) is 5.69 Å². The van der Waals surface area contributed by atoms with E-state index in [1.165, 1.54) is 29.5 Å². The number of aliphatic hydroxyl groups excluding tert-OH is 1. The van der Waals surface area contributed by atoms with Gasteiger partial charge in [0.1, 0.15) is 0 Å². The number of hydrogen-bond donors (Lipinski definition) is 2. The molecule has 2 N–H and O–H groups in total. The Balaban J connectivity index is 1.34. The number of nitrogens with zero attached hydrogens (tertiary/aromatic N) is 2. The Hall–Kier alpha value is -1.95. The molecule has 2 aromatic carbocycles. The summed E-state index contributed by atoms with van der Waals surface area (Å²) in [6.07, 6.45) is 7.38. The summed E-state index contributed by atoms with van der Waals surface area (Å²) >= 11 is 3.57. The number of benzene rings is 2. The van der Waals surface area contributed by atoms with Crippen LogP contribution in [0, 0.1) is 5.92 Å². The van der Waals surface area contributed by atoms with E-state index < -0.39 is 0 Å². The summed E-state index contributed by atoms with van der Waals surface area (Å²) in [5.41, 5.74) is 6.02. The van der Waals surface area contributed by atoms with Crippen LogP contribution in [0.3, 0.4) is 0 Å². The minimum Gasteiger partial charge on any atom is -0.396 e. The summed E-state index contributed by atoms with van der Waals surface area (Å²) in [6.45, 7) is 4.28. The van der Waals surface area contributed by atoms with Crippen molar-refractivity contribution in [3.63, 3.8) is 0 Å². The van der Waals surface area contributed by atoms with Gasteiger partial charge in [-0.2, -0.15) is 0 Å². The molecule has 2 heterocycles. The maximum atomic E-state index is 9.10. The van der Waals surface area contributed by atoms with Crippen molar-refractivity contribution < 1.29 is 5.11 Å². The van der Waals surface area contributed by atoms with Crippen LogP contribution in [0.25, 0.3) is 5.57 Å². The lowest BCUT2D eigenvalue weighted by atomic mass is 9.94. The van der Waals surface area contributed by atoms with Crippen molar-refractivity contribution in [1.82, 2.24) is 4.90 Å². The third kappa shape index (κ3) is 5.35. The van der Waals surface area contributed by atoms with E-state index in [0.717, 1.165) is 41.8 Å². The quantitative estimate of drug-likeness (QED) is 0.651. The average Bonchev–Trinajstić information content (AvgIpc) is 2.75. The second-order valence-electron chi connectivity index (χ2n) is 7.94. The van der Waals surface area contributed by atoms with Gasteiger partial charge in [-0.05, 0) is 84.8 Å². The molecule has 29 heavy (non-hydrogen) atoms. The first-order valence-corrected chi connectivity index (χ1v) is 11.2. The van der Waals surface area contributed by atoms with E-state index in [4.69, 9.17) is 5.11 Å². The van der Waals surface area contributed by atoms with Crippen LogP contribution in [-0.2, 0) is 6.54 Å². The highest BCUT2D eigenvalue weighted by Crippen LogP contribution is 2.26. The molecular formula is C24H28BrN3O. The lowest BCUT2D eigenvalue weighted by Crippen LogP contribution is -2.33. The van der Waals surface area contributed by atoms with Gasteiger partial charge < -0.3 is 10.4 Å². The fourth-order valence-electron chi connectivity index (χ4n) is 4.12. The van der Waals surface area contributed by atoms with Crippen molar-refractivity contribution in [2.24, 2.45) is 10.9 Å². The number of halogens is 1. The molecule has 2 aromatic rings. The first kappa shape index (κ1) is 20.3. The Morgan fingerprint density at radius 2 is 1.93 bits per heavy atom. The van der Waals surface area contributed by atoms with Gasteiger partial charge in [-0.3, -0.25) is 9.89 Å². The number of piperidine rings is 1. The smallest absolute Gasteiger partial charge is 0.0660 e. The fourth-order valence-corrected chi connectivity index (χ4v) is 4.48. The summed E-state index contributed by atoms with van der Waals surface area (Å²) in [4.78, 5) is 6.99. The topological polar surface area (TPSA) is 47.9 Å². The van der Waals surface area contributed by atoms with Crippen LogP contribution < -0.4 is 5.32 Å². The maximum Gasteiger partial charge on any atom is 0.0660 e. The van der Waals surface area contributed by atoms with Crippen molar-refractivity contribution in [2.45, 2.75) is 25.8 Å². The summed E-state index contributed by atoms with van der Waals surface area (Å²) in [7, 11) is 0. The Labute approximate surface area is 181 Å². The highest BCUT2D eigenvalue weighted by Gasteiger charge is 2.18. The summed E-state index contributed by atoms with van der Waals surface area (Å²) < 4.78 is 1.09. The number of nitrogens with one attached hydrogen (secondary N) is 1. The van der Waals surface area contributed by atoms with Gasteiger partial charge in [-0.25, -0.2) is 0 Å². The van der Waals surface area contributed by atoms with Crippen molar-refractivity contribution in [1.29, 1.82) is 0 Å². The third-order valence-electron chi connectivity index (χ3n) is 5.87. The lowest BCUT2D eigenvalue weighted by Gasteiger charge is -2.31. The molecule has 0 unspecified atom stereocenters. The number of fused-ring (bicyclic) bond motifs is 1. The highest BCUT2D eigenvalue weighted by atomic mass is 79.9. The van der Waals surface area contributed by atoms with E-state index >= 15 is 0 Å². The molecule has 2 aliphatic rings. The number of aliphatic hydroxyl groups is 1. The fraction of sp³-hybridized carbons (Fsp3) is 0.375. The minimum absolute atomic E-state index is 0.324. The second kappa shape index (κ2) is 9.70. The van der Waals surface area contributed by atoms with E-state index in [9.17, 15) is 0 Å². The molecule has 0 spiro atoms. The van der Waals surface area contributed by atoms with Gasteiger partial charge in [0, 0.05) is 35.7 Å². The Bertz CT molecular complexity index is 883. The molecule has 0 atom stereocenters. The van der Waals surface area contributed by atoms with Gasteiger partial charge in [-0.15, -0.1) is 0 Å². The molecular weight excluding hydrogens is 426 g/mol. The normalized spacial score (nSPS) is 18.8. The standard InChI is InChI=1S/C24H28BrN3O/c25-22-4-3-20-14-26-15-21(24(20)13-22)16-27-23-5-1-19(2-6-23)17-28-10-7-18(8-11-28)9-12-29/h1-6,13-14,16,18,27,29H,7-12,15,17H2/b21-16+. The van der Waals surface area contributed by atoms with Gasteiger partial charge in [0.2, 0.25) is 0 Å². The molecule has 4 nitrogen and oxygen atoms in total. The molecule has 0 saturated carbocycles. The Morgan fingerprint density at radius 1 is 1.14 bits per heavy atom. The molecule has 0 aromatic heterocycles. The first-order valence-electron chi connectivity index (χ1n) is 10.4. The van der Waals surface area contributed by atoms with Crippen molar-refractivity contribution in [2.75, 3.05) is 31.6 Å². The zero-order chi connectivity index (χ0) is 20.1. The van der Waals surface area contributed by atoms with Crippen LogP contribution >= 0.6 is 15.9 Å². The molecule has 152 valence electrons. The van der Waals surface area contributed by atoms with Gasteiger partial charge in [0.25, 0.3) is 0 Å². The van der Waals surface area contributed by atoms with E-state index in [1.807, 2.05) is 6.21 Å². The molecule has 1 fully saturated rings. The van der Waals surface area contributed by atoms with E-state index in [1.54, 1.807) is 0 Å². The number of aliphatic imine (C=N–C) groups is 1. The number of likely N-dealkylation sites (tertiary alicyclic amines) is 1. The Morgan fingerprint density at radius 3 is 2.69 bits per heavy atom. The van der Waals surface area contributed by atoms with E-state index in [2.05, 4.69) is 79.8 Å². The van der Waals surface area contributed by atoms with Crippen molar-refractivity contribution in [3.8, 4) is 0 Å². The largest absolute Gasteiger partial charge is 0.396 e. The SMILES string of the molecule is OCCC1CCN(Cc2ccc(N/C=C3\CN=Cc4ccc(Br)cc43)cc2)CC1. The monoisotopic (exact) mass is 453 g/mol. The van der Waals surface area contributed by atoms with Gasteiger partial charge in [0.15, 0.2) is 0 Å². The van der Waals surface area contributed by atoms with Crippen LogP contribution in [0.2, 0.25) is 0 Å². The van der Waals surface area contributed by atoms with Gasteiger partial charge >= 0.3 is 0 Å². The van der Waals surface area contributed by atoms with E-state index in [0.29, 0.717) is 19.1 Å².